The first-order valence-electron chi connectivity index (χ1n) is 17.3. The molecule has 0 saturated heterocycles. The minimum absolute atomic E-state index is 0.113. The van der Waals surface area contributed by atoms with E-state index < -0.39 is 25.2 Å². The number of methoxy groups -OCH3 is 2. The second-order valence-electron chi connectivity index (χ2n) is 16.1. The second kappa shape index (κ2) is 14.8. The van der Waals surface area contributed by atoms with Crippen LogP contribution in [-0.4, -0.2) is 69.1 Å². The zero-order valence-corrected chi connectivity index (χ0v) is 32.8. The van der Waals surface area contributed by atoms with Gasteiger partial charge in [-0.05, 0) is 143 Å². The Morgan fingerprint density at radius 2 is 1.12 bits per heavy atom. The molecule has 0 amide bonds. The summed E-state index contributed by atoms with van der Waals surface area (Å²) >= 11 is 0. The lowest BCUT2D eigenvalue weighted by Crippen LogP contribution is -2.44. The molecule has 9 heteroatoms. The van der Waals surface area contributed by atoms with Gasteiger partial charge in [0.1, 0.15) is 5.91 Å². The van der Waals surface area contributed by atoms with E-state index in [0.717, 1.165) is 53.4 Å². The number of ether oxygens (including phenoxy) is 2. The smallest absolute Gasteiger partial charge is 0.334 e. The highest BCUT2D eigenvalue weighted by Gasteiger charge is 2.48. The Morgan fingerprint density at radius 1 is 0.610 bits per heavy atom. The molecule has 0 aliphatic heterocycles. The van der Waals surface area contributed by atoms with Crippen LogP contribution < -0.4 is 0 Å². The Morgan fingerprint density at radius 3 is 1.61 bits per heavy atom. The van der Waals surface area contributed by atoms with Gasteiger partial charge in [-0.25, -0.2) is 0 Å². The van der Waals surface area contributed by atoms with Gasteiger partial charge in [0.25, 0.3) is 0 Å². The molecule has 4 aliphatic rings. The summed E-state index contributed by atoms with van der Waals surface area (Å²) in [5.41, 5.74) is 0. The molecule has 4 rings (SSSR count). The van der Waals surface area contributed by atoms with Crippen molar-refractivity contribution in [3.05, 3.63) is 0 Å². The van der Waals surface area contributed by atoms with Crippen LogP contribution in [0, 0.1) is 47.3 Å². The fourth-order valence-corrected chi connectivity index (χ4v) is 22.0. The molecule has 240 valence electrons. The first kappa shape index (κ1) is 34.5. The van der Waals surface area contributed by atoms with Gasteiger partial charge >= 0.3 is 8.56 Å². The number of hydrogen-bond donors (Lipinski definition) is 0. The first-order chi connectivity index (χ1) is 19.4. The topological polar surface area (TPSA) is 46.2 Å². The van der Waals surface area contributed by atoms with E-state index in [0.29, 0.717) is 0 Å². The highest BCUT2D eigenvalue weighted by atomic mass is 28.4. The minimum Gasteiger partial charge on any atom is -0.455 e. The maximum Gasteiger partial charge on any atom is 0.334 e. The van der Waals surface area contributed by atoms with Gasteiger partial charge in [0.15, 0.2) is 16.6 Å². The molecule has 0 aromatic rings. The molecule has 5 nitrogen and oxygen atoms in total. The predicted octanol–water partition coefficient (Wildman–Crippen LogP) is 7.83. The van der Waals surface area contributed by atoms with E-state index in [1.54, 1.807) is 14.2 Å². The van der Waals surface area contributed by atoms with Gasteiger partial charge in [0.05, 0.1) is 9.52 Å². The second-order valence-corrected chi connectivity index (χ2v) is 30.5. The zero-order valence-electron chi connectivity index (χ0n) is 28.3. The van der Waals surface area contributed by atoms with Gasteiger partial charge in [-0.15, -0.1) is 0 Å². The third-order valence-electron chi connectivity index (χ3n) is 12.4. The molecule has 4 bridgehead atoms. The van der Waals surface area contributed by atoms with E-state index in [-0.39, 0.29) is 15.4 Å². The molecule has 0 spiro atoms. The Kier molecular flexibility index (Phi) is 12.5. The highest BCUT2D eigenvalue weighted by molar-refractivity contribution is 6.84. The summed E-state index contributed by atoms with van der Waals surface area (Å²) in [6.45, 7) is 12.4. The van der Waals surface area contributed by atoms with Crippen molar-refractivity contribution in [2.45, 2.75) is 127 Å². The Balaban J connectivity index is 1.16. The van der Waals surface area contributed by atoms with E-state index >= 15 is 0 Å². The number of fused-ring (bicyclic) bond motifs is 4. The largest absolute Gasteiger partial charge is 0.455 e. The molecule has 0 N–H and O–H groups in total. The fraction of sp³-hybridized carbons (Fsp3) is 1.00. The van der Waals surface area contributed by atoms with Gasteiger partial charge in [0.2, 0.25) is 0 Å². The third kappa shape index (κ3) is 9.34. The summed E-state index contributed by atoms with van der Waals surface area (Å²) in [5.74, 6) is 7.88. The van der Waals surface area contributed by atoms with E-state index in [1.165, 1.54) is 82.3 Å². The van der Waals surface area contributed by atoms with Gasteiger partial charge in [-0.2, -0.15) is 0 Å². The summed E-state index contributed by atoms with van der Waals surface area (Å²) in [6, 6.07) is 5.27. The van der Waals surface area contributed by atoms with Crippen LogP contribution in [-0.2, 0) is 22.4 Å². The van der Waals surface area contributed by atoms with Crippen LogP contribution in [0.3, 0.4) is 0 Å². The first-order valence-corrected chi connectivity index (χ1v) is 27.8. The zero-order chi connectivity index (χ0) is 29.8. The molecule has 0 radical (unpaired) electrons. The number of hydrogen-bond acceptors (Lipinski definition) is 5. The van der Waals surface area contributed by atoms with E-state index in [4.69, 9.17) is 22.4 Å². The Labute approximate surface area is 259 Å². The molecule has 4 aliphatic carbocycles. The van der Waals surface area contributed by atoms with Crippen molar-refractivity contribution in [1.82, 2.24) is 0 Å². The van der Waals surface area contributed by atoms with Crippen molar-refractivity contribution in [2.24, 2.45) is 47.3 Å². The summed E-state index contributed by atoms with van der Waals surface area (Å²) in [4.78, 5) is 0. The molecule has 0 heterocycles. The van der Waals surface area contributed by atoms with Crippen LogP contribution in [0.25, 0.3) is 0 Å². The van der Waals surface area contributed by atoms with Crippen molar-refractivity contribution in [1.29, 1.82) is 0 Å². The van der Waals surface area contributed by atoms with Gasteiger partial charge in [0, 0.05) is 28.4 Å². The van der Waals surface area contributed by atoms with Crippen LogP contribution in [0.5, 0.6) is 0 Å². The lowest BCUT2D eigenvalue weighted by atomic mass is 9.78. The van der Waals surface area contributed by atoms with Crippen LogP contribution >= 0.6 is 0 Å². The van der Waals surface area contributed by atoms with Crippen LogP contribution in [0.1, 0.15) is 64.2 Å². The molecular weight excluding hydrogens is 577 g/mol. The Hall–Kier alpha value is 0.668. The molecular formula is C32H66O5Si4. The molecule has 8 atom stereocenters. The SMILES string of the molecule is COC(OC)[SiH2]CCC1CC2CC(CC[Si](C)(C)O[Si](C)(C)CCC3CC4CC3CC4CC[Si](C)(OC)OC)C1C2. The minimum atomic E-state index is -1.92. The normalized spacial score (nSPS) is 33.8. The highest BCUT2D eigenvalue weighted by Crippen LogP contribution is 2.56. The van der Waals surface area contributed by atoms with Gasteiger partial charge in [-0.1, -0.05) is 25.3 Å². The van der Waals surface area contributed by atoms with Crippen LogP contribution in [0.4, 0.5) is 0 Å². The third-order valence-corrected chi connectivity index (χ3v) is 24.7. The summed E-state index contributed by atoms with van der Waals surface area (Å²) in [5, 5.41) is 0. The Bertz CT molecular complexity index is 805. The van der Waals surface area contributed by atoms with Crippen molar-refractivity contribution in [2.75, 3.05) is 28.4 Å². The van der Waals surface area contributed by atoms with Crippen LogP contribution in [0.15, 0.2) is 0 Å². The fourth-order valence-electron chi connectivity index (χ4n) is 10.1. The van der Waals surface area contributed by atoms with Crippen molar-refractivity contribution >= 4 is 34.7 Å². The average molecular weight is 643 g/mol. The monoisotopic (exact) mass is 642 g/mol. The molecule has 0 aromatic heterocycles. The van der Waals surface area contributed by atoms with Crippen molar-refractivity contribution < 1.29 is 22.4 Å². The molecule has 4 saturated carbocycles. The molecule has 8 unspecified atom stereocenters. The maximum absolute atomic E-state index is 7.20. The van der Waals surface area contributed by atoms with E-state index in [1.807, 2.05) is 14.2 Å². The van der Waals surface area contributed by atoms with Crippen molar-refractivity contribution in [3.8, 4) is 0 Å². The molecule has 4 fully saturated rings. The summed E-state index contributed by atoms with van der Waals surface area (Å²) in [7, 11) is 1.80. The van der Waals surface area contributed by atoms with Crippen molar-refractivity contribution in [3.63, 3.8) is 0 Å². The van der Waals surface area contributed by atoms with E-state index in [9.17, 15) is 0 Å². The lowest BCUT2D eigenvalue weighted by Gasteiger charge is -2.37. The summed E-state index contributed by atoms with van der Waals surface area (Å²) < 4.78 is 29.7. The number of rotatable bonds is 19. The van der Waals surface area contributed by atoms with E-state index in [2.05, 4.69) is 32.7 Å². The standard InChI is InChI=1S/C32H66O5Si4/c1-33-32(34-2)38-14-10-27-18-24-19-28(31(27)20-24)12-16-40(7,8)37-39(5,6)15-11-25-21-30-23-29(25)22-26(30)13-17-41(9,35-3)36-4/h24-32H,10-23,38H2,1-9H3. The van der Waals surface area contributed by atoms with Gasteiger partial charge in [-0.3, -0.25) is 0 Å². The van der Waals surface area contributed by atoms with Crippen LogP contribution in [0.2, 0.25) is 56.9 Å². The summed E-state index contributed by atoms with van der Waals surface area (Å²) in [6.07, 6.45) is 14.5. The van der Waals surface area contributed by atoms with Gasteiger partial charge < -0.3 is 22.4 Å². The average Bonchev–Trinajstić information content (AvgIpc) is 3.72. The quantitative estimate of drug-likeness (QED) is 0.106. The molecule has 41 heavy (non-hydrogen) atoms. The lowest BCUT2D eigenvalue weighted by molar-refractivity contribution is -0.0442. The maximum atomic E-state index is 7.20. The predicted molar refractivity (Wildman–Crippen MR) is 181 cm³/mol. The molecule has 0 aromatic carbocycles.